The fraction of sp³-hybridized carbons (Fsp3) is 0.333. The van der Waals surface area contributed by atoms with Gasteiger partial charge in [-0.05, 0) is 6.07 Å². The van der Waals surface area contributed by atoms with Crippen molar-refractivity contribution < 1.29 is 13.2 Å². The fourth-order valence-electron chi connectivity index (χ4n) is 2.42. The molecule has 1 aliphatic heterocycles. The van der Waals surface area contributed by atoms with Crippen molar-refractivity contribution in [1.29, 1.82) is 0 Å². The second-order valence-electron chi connectivity index (χ2n) is 4.50. The van der Waals surface area contributed by atoms with Crippen LogP contribution in [-0.4, -0.2) is 39.7 Å². The first-order chi connectivity index (χ1) is 9.07. The summed E-state index contributed by atoms with van der Waals surface area (Å²) in [5.41, 5.74) is 1.78. The minimum atomic E-state index is -3.71. The highest BCUT2D eigenvalue weighted by Crippen LogP contribution is 2.30. The van der Waals surface area contributed by atoms with Gasteiger partial charge >= 0.3 is 0 Å². The van der Waals surface area contributed by atoms with Crippen LogP contribution in [0.2, 0.25) is 0 Å². The third-order valence-electron chi connectivity index (χ3n) is 3.31. The summed E-state index contributed by atoms with van der Waals surface area (Å²) in [6, 6.07) is 5.57. The number of aromatic nitrogens is 1. The van der Waals surface area contributed by atoms with Crippen LogP contribution in [0.5, 0.6) is 0 Å². The Labute approximate surface area is 111 Å². The molecule has 6 nitrogen and oxygen atoms in total. The molecule has 19 heavy (non-hydrogen) atoms. The predicted octanol–water partition coefficient (Wildman–Crippen LogP) is 0.652. The summed E-state index contributed by atoms with van der Waals surface area (Å²) >= 11 is 0. The number of benzene rings is 1. The number of nitrogens with zero attached hydrogens (tertiary/aromatic N) is 1. The topological polar surface area (TPSA) is 88.4 Å². The molecule has 1 fully saturated rings. The van der Waals surface area contributed by atoms with Gasteiger partial charge in [-0.25, -0.2) is 13.6 Å². The molecule has 3 N–H and O–H groups in total. The highest BCUT2D eigenvalue weighted by atomic mass is 32.2. The van der Waals surface area contributed by atoms with E-state index in [1.54, 1.807) is 6.07 Å². The second kappa shape index (κ2) is 4.52. The number of primary sulfonamides is 1. The molecule has 1 aromatic carbocycles. The smallest absolute Gasteiger partial charge is 0.240 e. The maximum atomic E-state index is 11.5. The molecular formula is C12H15N3O3S. The Morgan fingerprint density at radius 1 is 1.26 bits per heavy atom. The van der Waals surface area contributed by atoms with Gasteiger partial charge in [0.2, 0.25) is 10.0 Å². The number of aromatic amines is 1. The summed E-state index contributed by atoms with van der Waals surface area (Å²) < 4.78 is 28.4. The normalized spacial score (nSPS) is 17.0. The van der Waals surface area contributed by atoms with Gasteiger partial charge in [0.25, 0.3) is 0 Å². The van der Waals surface area contributed by atoms with E-state index < -0.39 is 10.0 Å². The van der Waals surface area contributed by atoms with Crippen LogP contribution in [0.1, 0.15) is 0 Å². The SMILES string of the molecule is NS(=O)(=O)c1c[nH]c2c(N3CCOCC3)cccc12. The van der Waals surface area contributed by atoms with Crippen molar-refractivity contribution in [3.05, 3.63) is 24.4 Å². The maximum absolute atomic E-state index is 11.5. The molecule has 2 heterocycles. The van der Waals surface area contributed by atoms with E-state index in [1.807, 2.05) is 12.1 Å². The zero-order valence-electron chi connectivity index (χ0n) is 10.3. The van der Waals surface area contributed by atoms with E-state index in [0.717, 1.165) is 24.3 Å². The zero-order chi connectivity index (χ0) is 13.5. The number of fused-ring (bicyclic) bond motifs is 1. The van der Waals surface area contributed by atoms with Crippen LogP contribution in [0.15, 0.2) is 29.3 Å². The van der Waals surface area contributed by atoms with Gasteiger partial charge in [0, 0.05) is 24.7 Å². The summed E-state index contributed by atoms with van der Waals surface area (Å²) in [5, 5.41) is 5.85. The molecule has 0 atom stereocenters. The van der Waals surface area contributed by atoms with Gasteiger partial charge in [-0.1, -0.05) is 12.1 Å². The summed E-state index contributed by atoms with van der Waals surface area (Å²) in [6.45, 7) is 2.95. The van der Waals surface area contributed by atoms with Gasteiger partial charge in [0.1, 0.15) is 4.90 Å². The van der Waals surface area contributed by atoms with Crippen LogP contribution >= 0.6 is 0 Å². The third kappa shape index (κ3) is 2.20. The molecule has 1 saturated heterocycles. The van der Waals surface area contributed by atoms with E-state index in [1.165, 1.54) is 6.20 Å². The summed E-state index contributed by atoms with van der Waals surface area (Å²) in [6.07, 6.45) is 1.45. The Hall–Kier alpha value is -1.57. The quantitative estimate of drug-likeness (QED) is 0.846. The lowest BCUT2D eigenvalue weighted by Crippen LogP contribution is -2.36. The van der Waals surface area contributed by atoms with Crippen LogP contribution in [-0.2, 0) is 14.8 Å². The Balaban J connectivity index is 2.14. The molecule has 0 saturated carbocycles. The lowest BCUT2D eigenvalue weighted by molar-refractivity contribution is 0.123. The van der Waals surface area contributed by atoms with Crippen molar-refractivity contribution in [2.45, 2.75) is 4.90 Å². The summed E-state index contributed by atoms with van der Waals surface area (Å²) in [7, 11) is -3.71. The van der Waals surface area contributed by atoms with E-state index >= 15 is 0 Å². The number of nitrogens with one attached hydrogen (secondary N) is 1. The number of H-pyrrole nitrogens is 1. The first-order valence-electron chi connectivity index (χ1n) is 6.03. The lowest BCUT2D eigenvalue weighted by atomic mass is 10.2. The van der Waals surface area contributed by atoms with Gasteiger partial charge in [0.05, 0.1) is 24.4 Å². The van der Waals surface area contributed by atoms with Crippen molar-refractivity contribution in [2.24, 2.45) is 5.14 Å². The Kier molecular flexibility index (Phi) is 2.96. The van der Waals surface area contributed by atoms with Crippen molar-refractivity contribution in [3.8, 4) is 0 Å². The van der Waals surface area contributed by atoms with Gasteiger partial charge in [-0.15, -0.1) is 0 Å². The van der Waals surface area contributed by atoms with Gasteiger partial charge in [-0.2, -0.15) is 0 Å². The van der Waals surface area contributed by atoms with Crippen LogP contribution in [0, 0.1) is 0 Å². The molecule has 7 heteroatoms. The molecule has 0 bridgehead atoms. The van der Waals surface area contributed by atoms with Crippen LogP contribution in [0.3, 0.4) is 0 Å². The first-order valence-corrected chi connectivity index (χ1v) is 7.57. The van der Waals surface area contributed by atoms with Crippen LogP contribution in [0.25, 0.3) is 10.9 Å². The van der Waals surface area contributed by atoms with Gasteiger partial charge < -0.3 is 14.6 Å². The molecule has 102 valence electrons. The molecule has 0 unspecified atom stereocenters. The summed E-state index contributed by atoms with van der Waals surface area (Å²) in [5.74, 6) is 0. The number of nitrogens with two attached hydrogens (primary N) is 1. The number of anilines is 1. The molecule has 1 aliphatic rings. The van der Waals surface area contributed by atoms with E-state index in [-0.39, 0.29) is 4.90 Å². The number of morpholine rings is 1. The molecule has 0 aliphatic carbocycles. The number of hydrogen-bond donors (Lipinski definition) is 2. The van der Waals surface area contributed by atoms with E-state index in [4.69, 9.17) is 9.88 Å². The van der Waals surface area contributed by atoms with Crippen LogP contribution < -0.4 is 10.0 Å². The monoisotopic (exact) mass is 281 g/mol. The number of para-hydroxylation sites is 1. The maximum Gasteiger partial charge on any atom is 0.240 e. The highest BCUT2D eigenvalue weighted by molar-refractivity contribution is 7.89. The van der Waals surface area contributed by atoms with Gasteiger partial charge in [0.15, 0.2) is 0 Å². The lowest BCUT2D eigenvalue weighted by Gasteiger charge is -2.29. The first kappa shape index (κ1) is 12.5. The van der Waals surface area contributed by atoms with E-state index in [9.17, 15) is 8.42 Å². The largest absolute Gasteiger partial charge is 0.378 e. The van der Waals surface area contributed by atoms with Crippen molar-refractivity contribution in [1.82, 2.24) is 4.98 Å². The van der Waals surface area contributed by atoms with Gasteiger partial charge in [-0.3, -0.25) is 0 Å². The molecule has 3 rings (SSSR count). The fourth-order valence-corrected chi connectivity index (χ4v) is 3.12. The van der Waals surface area contributed by atoms with E-state index in [2.05, 4.69) is 9.88 Å². The standard InChI is InChI=1S/C12H15N3O3S/c13-19(16,17)11-8-14-12-9(11)2-1-3-10(12)15-4-6-18-7-5-15/h1-3,8,14H,4-7H2,(H2,13,16,17). The summed E-state index contributed by atoms with van der Waals surface area (Å²) in [4.78, 5) is 5.33. The number of ether oxygens (including phenoxy) is 1. The second-order valence-corrected chi connectivity index (χ2v) is 6.03. The number of rotatable bonds is 2. The van der Waals surface area contributed by atoms with E-state index in [0.29, 0.717) is 18.6 Å². The average molecular weight is 281 g/mol. The molecular weight excluding hydrogens is 266 g/mol. The average Bonchev–Trinajstić information content (AvgIpc) is 2.83. The Morgan fingerprint density at radius 2 is 2.00 bits per heavy atom. The van der Waals surface area contributed by atoms with Crippen molar-refractivity contribution in [3.63, 3.8) is 0 Å². The number of hydrogen-bond acceptors (Lipinski definition) is 4. The molecule has 2 aromatic rings. The van der Waals surface area contributed by atoms with Crippen molar-refractivity contribution >= 4 is 26.6 Å². The molecule has 0 radical (unpaired) electrons. The Bertz CT molecular complexity index is 702. The Morgan fingerprint density at radius 3 is 2.68 bits per heavy atom. The third-order valence-corrected chi connectivity index (χ3v) is 4.26. The predicted molar refractivity (Wildman–Crippen MR) is 72.7 cm³/mol. The zero-order valence-corrected chi connectivity index (χ0v) is 11.1. The van der Waals surface area contributed by atoms with Crippen LogP contribution in [0.4, 0.5) is 5.69 Å². The molecule has 1 aromatic heterocycles. The molecule has 0 amide bonds. The minimum Gasteiger partial charge on any atom is -0.378 e. The number of sulfonamides is 1. The minimum absolute atomic E-state index is 0.137. The molecule has 0 spiro atoms. The van der Waals surface area contributed by atoms with Crippen molar-refractivity contribution in [2.75, 3.05) is 31.2 Å². The highest BCUT2D eigenvalue weighted by Gasteiger charge is 2.19.